The van der Waals surface area contributed by atoms with Gasteiger partial charge in [-0.15, -0.1) is 0 Å². The lowest BCUT2D eigenvalue weighted by atomic mass is 10.1. The van der Waals surface area contributed by atoms with Crippen molar-refractivity contribution in [3.63, 3.8) is 0 Å². The normalized spacial score (nSPS) is 10.8. The first kappa shape index (κ1) is 18.0. The summed E-state index contributed by atoms with van der Waals surface area (Å²) in [6, 6.07) is 21.1. The summed E-state index contributed by atoms with van der Waals surface area (Å²) < 4.78 is 11.0. The molecule has 0 N–H and O–H groups in total. The second kappa shape index (κ2) is 7.71. The van der Waals surface area contributed by atoms with E-state index in [9.17, 15) is 9.59 Å². The van der Waals surface area contributed by atoms with Crippen LogP contribution in [0.5, 0.6) is 5.75 Å². The number of hydrogen-bond acceptors (Lipinski definition) is 4. The topological polar surface area (TPSA) is 56.5 Å². The number of carbonyl (C=O) groups excluding carboxylic acids is 1. The zero-order valence-electron chi connectivity index (χ0n) is 14.7. The number of esters is 1. The molecule has 4 aromatic rings. The second-order valence-corrected chi connectivity index (χ2v) is 6.72. The summed E-state index contributed by atoms with van der Waals surface area (Å²) in [6.07, 6.45) is 1.55. The van der Waals surface area contributed by atoms with E-state index in [-0.39, 0.29) is 11.8 Å². The molecule has 4 rings (SSSR count). The molecule has 0 saturated heterocycles. The van der Waals surface area contributed by atoms with E-state index < -0.39 is 5.97 Å². The minimum atomic E-state index is -0.412. The zero-order chi connectivity index (χ0) is 19.5. The Bertz CT molecular complexity index is 1190. The minimum absolute atomic E-state index is 0.117. The van der Waals surface area contributed by atoms with Crippen LogP contribution >= 0.6 is 11.6 Å². The monoisotopic (exact) mass is 390 g/mol. The number of carbonyl (C=O) groups is 1. The average molecular weight is 391 g/mol. The lowest BCUT2D eigenvalue weighted by Gasteiger charge is -2.07. The van der Waals surface area contributed by atoms with Gasteiger partial charge in [0.1, 0.15) is 17.6 Å². The maximum Gasteiger partial charge on any atom is 0.315 e. The molecule has 0 fully saturated rings. The van der Waals surface area contributed by atoms with Crippen LogP contribution in [0.2, 0.25) is 5.02 Å². The van der Waals surface area contributed by atoms with Crippen LogP contribution in [0.4, 0.5) is 0 Å². The molecule has 0 aliphatic rings. The number of hydrogen-bond donors (Lipinski definition) is 0. The van der Waals surface area contributed by atoms with Crippen LogP contribution in [-0.2, 0) is 11.2 Å². The molecule has 0 aliphatic carbocycles. The first-order chi connectivity index (χ1) is 13.6. The van der Waals surface area contributed by atoms with Gasteiger partial charge in [-0.2, -0.15) is 0 Å². The van der Waals surface area contributed by atoms with E-state index in [0.29, 0.717) is 27.3 Å². The van der Waals surface area contributed by atoms with Crippen LogP contribution in [0.15, 0.2) is 88.3 Å². The number of rotatable bonds is 4. The fraction of sp³-hybridized carbons (Fsp3) is 0.0435. The smallest absolute Gasteiger partial charge is 0.315 e. The van der Waals surface area contributed by atoms with E-state index in [1.165, 1.54) is 6.26 Å². The van der Waals surface area contributed by atoms with Crippen molar-refractivity contribution in [2.75, 3.05) is 0 Å². The summed E-state index contributed by atoms with van der Waals surface area (Å²) in [5.41, 5.74) is 2.30. The fourth-order valence-electron chi connectivity index (χ4n) is 2.93. The first-order valence-electron chi connectivity index (χ1n) is 8.66. The molecule has 5 heteroatoms. The predicted molar refractivity (Wildman–Crippen MR) is 109 cm³/mol. The van der Waals surface area contributed by atoms with Crippen molar-refractivity contribution in [2.24, 2.45) is 0 Å². The summed E-state index contributed by atoms with van der Waals surface area (Å²) in [4.78, 5) is 24.9. The van der Waals surface area contributed by atoms with Crippen molar-refractivity contribution in [1.82, 2.24) is 0 Å². The number of fused-ring (bicyclic) bond motifs is 1. The highest BCUT2D eigenvalue weighted by atomic mass is 35.5. The van der Waals surface area contributed by atoms with Gasteiger partial charge >= 0.3 is 5.97 Å². The van der Waals surface area contributed by atoms with Gasteiger partial charge in [-0.25, -0.2) is 0 Å². The highest BCUT2D eigenvalue weighted by Crippen LogP contribution is 2.23. The van der Waals surface area contributed by atoms with E-state index in [1.807, 2.05) is 30.3 Å². The largest absolute Gasteiger partial charge is 0.463 e. The van der Waals surface area contributed by atoms with E-state index >= 15 is 0 Å². The standard InChI is InChI=1S/C23H15ClO4/c24-17-8-6-15(7-9-17)12-22(25)28-18-10-11-19-21(13-18)27-14-20(23(19)26)16-4-2-1-3-5-16/h1-11,13-14H,12H2. The summed E-state index contributed by atoms with van der Waals surface area (Å²) in [6.45, 7) is 0. The lowest BCUT2D eigenvalue weighted by molar-refractivity contribution is -0.133. The second-order valence-electron chi connectivity index (χ2n) is 6.28. The van der Waals surface area contributed by atoms with Crippen molar-refractivity contribution >= 4 is 28.5 Å². The van der Waals surface area contributed by atoms with Crippen molar-refractivity contribution in [2.45, 2.75) is 6.42 Å². The van der Waals surface area contributed by atoms with Crippen molar-refractivity contribution < 1.29 is 13.9 Å². The van der Waals surface area contributed by atoms with Crippen molar-refractivity contribution in [3.8, 4) is 16.9 Å². The third-order valence-corrected chi connectivity index (χ3v) is 4.58. The van der Waals surface area contributed by atoms with Gasteiger partial charge < -0.3 is 9.15 Å². The summed E-state index contributed by atoms with van der Waals surface area (Å²) in [5, 5.41) is 1.04. The molecule has 3 aromatic carbocycles. The Morgan fingerprint density at radius 1 is 0.964 bits per heavy atom. The van der Waals surface area contributed by atoms with Crippen molar-refractivity contribution in [3.05, 3.63) is 99.9 Å². The van der Waals surface area contributed by atoms with Gasteiger partial charge in [0.2, 0.25) is 0 Å². The Kier molecular flexibility index (Phi) is 4.96. The molecule has 1 heterocycles. The van der Waals surface area contributed by atoms with Crippen LogP contribution < -0.4 is 10.2 Å². The molecular formula is C23H15ClO4. The Labute approximate surface area is 166 Å². The predicted octanol–water partition coefficient (Wildman–Crippen LogP) is 5.26. The molecule has 0 atom stereocenters. The number of benzene rings is 3. The third kappa shape index (κ3) is 3.82. The molecule has 0 amide bonds. The van der Waals surface area contributed by atoms with E-state index in [4.69, 9.17) is 20.8 Å². The van der Waals surface area contributed by atoms with E-state index in [0.717, 1.165) is 11.1 Å². The van der Waals surface area contributed by atoms with Gasteiger partial charge in [0, 0.05) is 11.1 Å². The van der Waals surface area contributed by atoms with E-state index in [1.54, 1.807) is 42.5 Å². The van der Waals surface area contributed by atoms with Gasteiger partial charge in [0.05, 0.1) is 17.4 Å². The summed E-state index contributed by atoms with van der Waals surface area (Å²) in [7, 11) is 0. The van der Waals surface area contributed by atoms with Crippen LogP contribution in [0, 0.1) is 0 Å². The highest BCUT2D eigenvalue weighted by molar-refractivity contribution is 6.30. The molecule has 0 radical (unpaired) electrons. The number of ether oxygens (including phenoxy) is 1. The molecule has 0 unspecified atom stereocenters. The van der Waals surface area contributed by atoms with Gasteiger partial charge in [-0.1, -0.05) is 54.1 Å². The molecule has 138 valence electrons. The molecule has 0 aliphatic heterocycles. The van der Waals surface area contributed by atoms with Crippen LogP contribution in [-0.4, -0.2) is 5.97 Å². The van der Waals surface area contributed by atoms with Crippen LogP contribution in [0.3, 0.4) is 0 Å². The quantitative estimate of drug-likeness (QED) is 0.352. The first-order valence-corrected chi connectivity index (χ1v) is 9.04. The highest BCUT2D eigenvalue weighted by Gasteiger charge is 2.12. The molecule has 1 aromatic heterocycles. The Morgan fingerprint density at radius 3 is 2.46 bits per heavy atom. The van der Waals surface area contributed by atoms with Gasteiger partial charge in [-0.3, -0.25) is 9.59 Å². The zero-order valence-corrected chi connectivity index (χ0v) is 15.5. The maximum absolute atomic E-state index is 12.8. The van der Waals surface area contributed by atoms with Gasteiger partial charge in [0.15, 0.2) is 5.43 Å². The molecular weight excluding hydrogens is 376 g/mol. The van der Waals surface area contributed by atoms with Gasteiger partial charge in [0.25, 0.3) is 0 Å². The summed E-state index contributed by atoms with van der Waals surface area (Å²) in [5.74, 6) is -0.0907. The fourth-order valence-corrected chi connectivity index (χ4v) is 3.05. The molecule has 0 bridgehead atoms. The Morgan fingerprint density at radius 2 is 1.71 bits per heavy atom. The van der Waals surface area contributed by atoms with E-state index in [2.05, 4.69) is 0 Å². The molecule has 0 spiro atoms. The minimum Gasteiger partial charge on any atom is -0.463 e. The maximum atomic E-state index is 12.8. The lowest BCUT2D eigenvalue weighted by Crippen LogP contribution is -2.11. The Hall–Kier alpha value is -3.37. The average Bonchev–Trinajstić information content (AvgIpc) is 2.70. The van der Waals surface area contributed by atoms with Crippen LogP contribution in [0.1, 0.15) is 5.56 Å². The molecule has 28 heavy (non-hydrogen) atoms. The summed E-state index contributed by atoms with van der Waals surface area (Å²) >= 11 is 5.84. The SMILES string of the molecule is O=C(Cc1ccc(Cl)cc1)Oc1ccc2c(=O)c(-c3ccccc3)coc2c1. The van der Waals surface area contributed by atoms with Crippen LogP contribution in [0.25, 0.3) is 22.1 Å². The number of halogens is 1. The third-order valence-electron chi connectivity index (χ3n) is 4.32. The molecule has 4 nitrogen and oxygen atoms in total. The van der Waals surface area contributed by atoms with Crippen molar-refractivity contribution in [1.29, 1.82) is 0 Å². The molecule has 0 saturated carbocycles. The Balaban J connectivity index is 1.57. The van der Waals surface area contributed by atoms with Gasteiger partial charge in [-0.05, 0) is 35.4 Å².